The van der Waals surface area contributed by atoms with Gasteiger partial charge in [-0.3, -0.25) is 0 Å². The van der Waals surface area contributed by atoms with Gasteiger partial charge in [-0.25, -0.2) is 4.79 Å². The molecule has 1 aliphatic heterocycles. The number of anilines is 1. The van der Waals surface area contributed by atoms with E-state index in [4.69, 9.17) is 4.74 Å². The molecule has 1 aromatic heterocycles. The monoisotopic (exact) mass is 380 g/mol. The zero-order chi connectivity index (χ0) is 19.9. The number of likely N-dealkylation sites (tertiary alicyclic amines) is 1. The van der Waals surface area contributed by atoms with Crippen molar-refractivity contribution >= 4 is 22.7 Å². The third kappa shape index (κ3) is 3.54. The van der Waals surface area contributed by atoms with Crippen LogP contribution in [0, 0.1) is 11.3 Å². The summed E-state index contributed by atoms with van der Waals surface area (Å²) in [6, 6.07) is 6.39. The largest absolute Gasteiger partial charge is 0.444 e. The van der Waals surface area contributed by atoms with Gasteiger partial charge < -0.3 is 19.9 Å². The van der Waals surface area contributed by atoms with Crippen molar-refractivity contribution in [1.29, 1.82) is 5.26 Å². The maximum absolute atomic E-state index is 12.3. The average molecular weight is 380 g/mol. The Morgan fingerprint density at radius 2 is 2.11 bits per heavy atom. The van der Waals surface area contributed by atoms with Crippen molar-refractivity contribution in [2.75, 3.05) is 18.4 Å². The van der Waals surface area contributed by atoms with E-state index in [0.29, 0.717) is 18.7 Å². The van der Waals surface area contributed by atoms with Crippen LogP contribution >= 0.6 is 0 Å². The normalized spacial score (nSPS) is 19.4. The summed E-state index contributed by atoms with van der Waals surface area (Å²) < 4.78 is 5.50. The lowest BCUT2D eigenvalue weighted by Gasteiger charge is -2.24. The number of hydrogen-bond acceptors (Lipinski definition) is 4. The third-order valence-electron chi connectivity index (χ3n) is 5.57. The van der Waals surface area contributed by atoms with E-state index in [2.05, 4.69) is 16.4 Å². The highest BCUT2D eigenvalue weighted by atomic mass is 16.6. The number of fused-ring (bicyclic) bond motifs is 3. The minimum atomic E-state index is -0.480. The number of hydrogen-bond donors (Lipinski definition) is 2. The molecule has 1 saturated heterocycles. The average Bonchev–Trinajstić information content (AvgIpc) is 3.25. The van der Waals surface area contributed by atoms with Gasteiger partial charge >= 0.3 is 6.09 Å². The summed E-state index contributed by atoms with van der Waals surface area (Å²) in [6.07, 6.45) is 5.11. The van der Waals surface area contributed by atoms with Crippen LogP contribution in [-0.2, 0) is 17.6 Å². The van der Waals surface area contributed by atoms with E-state index in [-0.39, 0.29) is 12.1 Å². The number of nitrogens with zero attached hydrogens (tertiary/aromatic N) is 2. The Bertz CT molecular complexity index is 948. The number of amides is 1. The molecular weight excluding hydrogens is 352 g/mol. The van der Waals surface area contributed by atoms with Gasteiger partial charge in [0.2, 0.25) is 0 Å². The van der Waals surface area contributed by atoms with E-state index >= 15 is 0 Å². The summed E-state index contributed by atoms with van der Waals surface area (Å²) in [5.41, 5.74) is 4.84. The van der Waals surface area contributed by atoms with Crippen LogP contribution in [-0.4, -0.2) is 40.7 Å². The second kappa shape index (κ2) is 7.05. The fourth-order valence-electron chi connectivity index (χ4n) is 4.32. The van der Waals surface area contributed by atoms with E-state index in [1.165, 1.54) is 24.1 Å². The van der Waals surface area contributed by atoms with Crippen molar-refractivity contribution in [2.45, 2.75) is 64.5 Å². The first-order chi connectivity index (χ1) is 13.4. The van der Waals surface area contributed by atoms with Crippen molar-refractivity contribution in [2.24, 2.45) is 0 Å². The number of ether oxygens (including phenoxy) is 1. The van der Waals surface area contributed by atoms with Gasteiger partial charge in [0.15, 0.2) is 0 Å². The van der Waals surface area contributed by atoms with Gasteiger partial charge in [0.05, 0.1) is 11.1 Å². The van der Waals surface area contributed by atoms with Gasteiger partial charge in [-0.2, -0.15) is 5.26 Å². The summed E-state index contributed by atoms with van der Waals surface area (Å²) >= 11 is 0. The molecule has 1 aliphatic carbocycles. The molecule has 2 N–H and O–H groups in total. The summed E-state index contributed by atoms with van der Waals surface area (Å²) in [4.78, 5) is 17.6. The van der Waals surface area contributed by atoms with Gasteiger partial charge in [0.25, 0.3) is 0 Å². The highest BCUT2D eigenvalue weighted by molar-refractivity contribution is 5.99. The Labute approximate surface area is 165 Å². The Kier molecular flexibility index (Phi) is 4.70. The van der Waals surface area contributed by atoms with Crippen molar-refractivity contribution < 1.29 is 9.53 Å². The number of H-pyrrole nitrogens is 1. The summed E-state index contributed by atoms with van der Waals surface area (Å²) in [5, 5.41) is 14.3. The van der Waals surface area contributed by atoms with Gasteiger partial charge in [-0.1, -0.05) is 0 Å². The van der Waals surface area contributed by atoms with Crippen LogP contribution in [0.5, 0.6) is 0 Å². The maximum atomic E-state index is 12.3. The van der Waals surface area contributed by atoms with Gasteiger partial charge in [0, 0.05) is 35.9 Å². The smallest absolute Gasteiger partial charge is 0.410 e. The second-order valence-electron chi connectivity index (χ2n) is 8.87. The summed E-state index contributed by atoms with van der Waals surface area (Å²) in [6.45, 7) is 6.98. The molecule has 4 rings (SSSR count). The second-order valence-corrected chi connectivity index (χ2v) is 8.87. The lowest BCUT2D eigenvalue weighted by atomic mass is 9.94. The van der Waals surface area contributed by atoms with Gasteiger partial charge in [0.1, 0.15) is 11.7 Å². The SMILES string of the molecule is CC(C)(C)OC(=O)N1CCC(Nc2ccc(C#N)c3[nH]c4c(c23)CCCC4)C1. The Morgan fingerprint density at radius 3 is 2.86 bits per heavy atom. The summed E-state index contributed by atoms with van der Waals surface area (Å²) in [5.74, 6) is 0. The first-order valence-electron chi connectivity index (χ1n) is 10.2. The molecule has 0 radical (unpaired) electrons. The van der Waals surface area contributed by atoms with Crippen LogP contribution in [0.25, 0.3) is 10.9 Å². The van der Waals surface area contributed by atoms with Gasteiger partial charge in [-0.05, 0) is 70.6 Å². The molecule has 1 aromatic carbocycles. The number of aryl methyl sites for hydroxylation is 2. The van der Waals surface area contributed by atoms with Crippen LogP contribution in [0.15, 0.2) is 12.1 Å². The lowest BCUT2D eigenvalue weighted by molar-refractivity contribution is 0.0293. The molecule has 2 aromatic rings. The van der Waals surface area contributed by atoms with Gasteiger partial charge in [-0.15, -0.1) is 0 Å². The standard InChI is InChI=1S/C22H28N4O2/c1-22(2,3)28-21(27)26-11-10-15(13-26)24-18-9-8-14(12-23)20-19(18)16-6-4-5-7-17(16)25-20/h8-9,15,24-25H,4-7,10-11,13H2,1-3H3. The van der Waals surface area contributed by atoms with Crippen LogP contribution in [0.2, 0.25) is 0 Å². The molecule has 2 aliphatic rings. The Morgan fingerprint density at radius 1 is 1.32 bits per heavy atom. The van der Waals surface area contributed by atoms with Crippen molar-refractivity contribution in [3.63, 3.8) is 0 Å². The molecule has 0 spiro atoms. The fraction of sp³-hybridized carbons (Fsp3) is 0.545. The number of benzene rings is 1. The van der Waals surface area contributed by atoms with E-state index in [1.54, 1.807) is 4.90 Å². The molecule has 0 bridgehead atoms. The molecule has 6 heteroatoms. The number of rotatable bonds is 2. The minimum Gasteiger partial charge on any atom is -0.444 e. The predicted molar refractivity (Wildman–Crippen MR) is 109 cm³/mol. The number of nitriles is 1. The summed E-state index contributed by atoms with van der Waals surface area (Å²) in [7, 11) is 0. The predicted octanol–water partition coefficient (Wildman–Crippen LogP) is 4.34. The molecule has 0 saturated carbocycles. The number of carbonyl (C=O) groups is 1. The number of aromatic amines is 1. The first kappa shape index (κ1) is 18.7. The third-order valence-corrected chi connectivity index (χ3v) is 5.57. The highest BCUT2D eigenvalue weighted by Gasteiger charge is 2.30. The van der Waals surface area contributed by atoms with Crippen molar-refractivity contribution in [3.8, 4) is 6.07 Å². The van der Waals surface area contributed by atoms with Crippen molar-refractivity contribution in [1.82, 2.24) is 9.88 Å². The van der Waals surface area contributed by atoms with Crippen LogP contribution in [0.1, 0.15) is 56.9 Å². The topological polar surface area (TPSA) is 81.2 Å². The quantitative estimate of drug-likeness (QED) is 0.812. The Balaban J connectivity index is 1.57. The molecule has 1 fully saturated rings. The molecule has 148 valence electrons. The van der Waals surface area contributed by atoms with E-state index in [0.717, 1.165) is 35.9 Å². The van der Waals surface area contributed by atoms with Crippen LogP contribution in [0.4, 0.5) is 10.5 Å². The molecule has 1 atom stereocenters. The fourth-order valence-corrected chi connectivity index (χ4v) is 4.32. The molecule has 28 heavy (non-hydrogen) atoms. The Hall–Kier alpha value is -2.68. The van der Waals surface area contributed by atoms with E-state index in [1.807, 2.05) is 32.9 Å². The highest BCUT2D eigenvalue weighted by Crippen LogP contribution is 2.36. The van der Waals surface area contributed by atoms with E-state index in [9.17, 15) is 10.1 Å². The number of nitrogens with one attached hydrogen (secondary N) is 2. The van der Waals surface area contributed by atoms with E-state index < -0.39 is 5.60 Å². The molecule has 2 heterocycles. The maximum Gasteiger partial charge on any atom is 0.410 e. The lowest BCUT2D eigenvalue weighted by Crippen LogP contribution is -2.36. The molecule has 1 unspecified atom stereocenters. The zero-order valence-corrected chi connectivity index (χ0v) is 16.9. The number of aromatic nitrogens is 1. The van der Waals surface area contributed by atoms with Crippen LogP contribution in [0.3, 0.4) is 0 Å². The molecule has 6 nitrogen and oxygen atoms in total. The first-order valence-corrected chi connectivity index (χ1v) is 10.2. The molecular formula is C22H28N4O2. The number of carbonyl (C=O) groups excluding carboxylic acids is 1. The van der Waals surface area contributed by atoms with Crippen molar-refractivity contribution in [3.05, 3.63) is 29.0 Å². The molecule has 1 amide bonds. The minimum absolute atomic E-state index is 0.179. The van der Waals surface area contributed by atoms with Crippen LogP contribution < -0.4 is 5.32 Å². The zero-order valence-electron chi connectivity index (χ0n) is 16.9.